The summed E-state index contributed by atoms with van der Waals surface area (Å²) in [5.41, 5.74) is -1.18. The fourth-order valence-electron chi connectivity index (χ4n) is 2.57. The van der Waals surface area contributed by atoms with Gasteiger partial charge >= 0.3 is 0 Å². The fourth-order valence-corrected chi connectivity index (χ4v) is 2.57. The zero-order valence-electron chi connectivity index (χ0n) is 17.7. The molecule has 7 nitrogen and oxygen atoms in total. The van der Waals surface area contributed by atoms with Crippen molar-refractivity contribution in [1.82, 2.24) is 10.6 Å². The van der Waals surface area contributed by atoms with Crippen molar-refractivity contribution in [2.45, 2.75) is 39.4 Å². The van der Waals surface area contributed by atoms with Crippen molar-refractivity contribution in [3.8, 4) is 11.5 Å². The Morgan fingerprint density at radius 1 is 1.24 bits per heavy atom. The van der Waals surface area contributed by atoms with Gasteiger partial charge in [0.2, 0.25) is 0 Å². The molecular weight excluding hydrogens is 485 g/mol. The van der Waals surface area contributed by atoms with Gasteiger partial charge in [0.25, 0.3) is 0 Å². The van der Waals surface area contributed by atoms with Crippen molar-refractivity contribution in [1.29, 1.82) is 0 Å². The minimum absolute atomic E-state index is 0. The summed E-state index contributed by atoms with van der Waals surface area (Å²) in [5.74, 6) is 3.36. The number of furan rings is 1. The van der Waals surface area contributed by atoms with Crippen molar-refractivity contribution in [2.75, 3.05) is 26.7 Å². The van der Waals surface area contributed by atoms with Crippen LogP contribution in [-0.2, 0) is 5.60 Å². The van der Waals surface area contributed by atoms with Crippen LogP contribution in [0.25, 0.3) is 0 Å². The number of aliphatic hydroxyl groups is 1. The number of nitrogens with zero attached hydrogens (tertiary/aromatic N) is 1. The van der Waals surface area contributed by atoms with Gasteiger partial charge in [0.1, 0.15) is 34.7 Å². The van der Waals surface area contributed by atoms with E-state index in [9.17, 15) is 5.11 Å². The smallest absolute Gasteiger partial charge is 0.191 e. The number of methoxy groups -OCH3 is 1. The van der Waals surface area contributed by atoms with E-state index in [0.717, 1.165) is 17.3 Å². The molecule has 0 amide bonds. The molecule has 1 aromatic heterocycles. The first-order chi connectivity index (χ1) is 13.3. The molecule has 162 valence electrons. The predicted molar refractivity (Wildman–Crippen MR) is 125 cm³/mol. The van der Waals surface area contributed by atoms with Crippen LogP contribution in [0, 0.1) is 6.92 Å². The van der Waals surface area contributed by atoms with E-state index in [1.54, 1.807) is 20.1 Å². The maximum absolute atomic E-state index is 10.6. The Balaban J connectivity index is 0.00000420. The second kappa shape index (κ2) is 11.9. The van der Waals surface area contributed by atoms with Crippen LogP contribution >= 0.6 is 24.0 Å². The van der Waals surface area contributed by atoms with Gasteiger partial charge in [-0.25, -0.2) is 4.99 Å². The van der Waals surface area contributed by atoms with Gasteiger partial charge in [0.05, 0.1) is 20.2 Å². The third-order valence-corrected chi connectivity index (χ3v) is 4.10. The van der Waals surface area contributed by atoms with Crippen LogP contribution in [0.5, 0.6) is 11.5 Å². The highest BCUT2D eigenvalue weighted by atomic mass is 127. The van der Waals surface area contributed by atoms with Crippen molar-refractivity contribution < 1.29 is 19.0 Å². The summed E-state index contributed by atoms with van der Waals surface area (Å²) >= 11 is 0. The van der Waals surface area contributed by atoms with E-state index in [2.05, 4.69) is 15.6 Å². The molecule has 29 heavy (non-hydrogen) atoms. The lowest BCUT2D eigenvalue weighted by molar-refractivity contribution is 0.0428. The third-order valence-electron chi connectivity index (χ3n) is 4.10. The highest BCUT2D eigenvalue weighted by Crippen LogP contribution is 2.23. The second-order valence-electron chi connectivity index (χ2n) is 6.87. The van der Waals surface area contributed by atoms with E-state index in [0.29, 0.717) is 24.8 Å². The van der Waals surface area contributed by atoms with Crippen molar-refractivity contribution in [3.05, 3.63) is 47.9 Å². The lowest BCUT2D eigenvalue weighted by atomic mass is 10.0. The molecule has 0 radical (unpaired) electrons. The second-order valence-corrected chi connectivity index (χ2v) is 6.87. The lowest BCUT2D eigenvalue weighted by Gasteiger charge is -2.21. The summed E-state index contributed by atoms with van der Waals surface area (Å²) in [6.07, 6.45) is -0.0933. The molecule has 2 rings (SSSR count). The average Bonchev–Trinajstić information content (AvgIpc) is 3.11. The minimum Gasteiger partial charge on any atom is -0.497 e. The Hall–Kier alpha value is -1.94. The van der Waals surface area contributed by atoms with Crippen LogP contribution < -0.4 is 20.1 Å². The molecule has 2 atom stereocenters. The number of nitrogens with one attached hydrogen (secondary N) is 2. The normalized spacial score (nSPS) is 14.3. The van der Waals surface area contributed by atoms with Gasteiger partial charge < -0.3 is 29.6 Å². The summed E-state index contributed by atoms with van der Waals surface area (Å²) < 4.78 is 16.7. The first kappa shape index (κ1) is 25.1. The molecule has 2 aromatic rings. The third kappa shape index (κ3) is 8.14. The first-order valence-electron chi connectivity index (χ1n) is 9.46. The van der Waals surface area contributed by atoms with Gasteiger partial charge in [0.15, 0.2) is 5.96 Å². The van der Waals surface area contributed by atoms with Gasteiger partial charge in [-0.15, -0.1) is 24.0 Å². The Labute approximate surface area is 189 Å². The summed E-state index contributed by atoms with van der Waals surface area (Å²) in [7, 11) is 1.63. The van der Waals surface area contributed by atoms with E-state index in [4.69, 9.17) is 13.9 Å². The van der Waals surface area contributed by atoms with E-state index in [-0.39, 0.29) is 36.6 Å². The number of guanidine groups is 1. The molecule has 0 bridgehead atoms. The number of aryl methyl sites for hydroxylation is 1. The van der Waals surface area contributed by atoms with Crippen LogP contribution in [0.3, 0.4) is 0 Å². The number of aliphatic imine (C=N–C) groups is 1. The maximum Gasteiger partial charge on any atom is 0.191 e. The van der Waals surface area contributed by atoms with Gasteiger partial charge in [-0.3, -0.25) is 0 Å². The number of benzene rings is 1. The molecule has 0 aliphatic carbocycles. The maximum atomic E-state index is 10.6. The molecule has 0 saturated carbocycles. The molecule has 0 aliphatic heterocycles. The first-order valence-corrected chi connectivity index (χ1v) is 9.46. The quantitative estimate of drug-likeness (QED) is 0.269. The molecule has 0 saturated heterocycles. The van der Waals surface area contributed by atoms with E-state index >= 15 is 0 Å². The van der Waals surface area contributed by atoms with Crippen LogP contribution in [0.1, 0.15) is 32.3 Å². The standard InChI is InChI=1S/C21H31N3O4.HI/c1-6-22-20(24-14-21(4,25)19-11-10-15(2)28-19)23-13-16(3)27-18-9-7-8-17(12-18)26-5;/h7-12,16,25H,6,13-14H2,1-5H3,(H2,22,23,24);1H. The highest BCUT2D eigenvalue weighted by Gasteiger charge is 2.26. The Kier molecular flexibility index (Phi) is 10.3. The number of halogens is 1. The van der Waals surface area contributed by atoms with Gasteiger partial charge in [-0.1, -0.05) is 6.07 Å². The van der Waals surface area contributed by atoms with Crippen molar-refractivity contribution >= 4 is 29.9 Å². The average molecular weight is 517 g/mol. The van der Waals surface area contributed by atoms with E-state index < -0.39 is 5.60 Å². The Morgan fingerprint density at radius 3 is 2.59 bits per heavy atom. The molecule has 3 N–H and O–H groups in total. The molecule has 2 unspecified atom stereocenters. The van der Waals surface area contributed by atoms with E-state index in [1.807, 2.05) is 51.1 Å². The lowest BCUT2D eigenvalue weighted by Crippen LogP contribution is -2.42. The number of hydrogen-bond acceptors (Lipinski definition) is 5. The summed E-state index contributed by atoms with van der Waals surface area (Å²) in [5, 5.41) is 17.1. The molecular formula is C21H32IN3O4. The van der Waals surface area contributed by atoms with Gasteiger partial charge in [-0.2, -0.15) is 0 Å². The Morgan fingerprint density at radius 2 is 1.97 bits per heavy atom. The highest BCUT2D eigenvalue weighted by molar-refractivity contribution is 14.0. The summed E-state index contributed by atoms with van der Waals surface area (Å²) in [6.45, 7) is 8.91. The van der Waals surface area contributed by atoms with Crippen molar-refractivity contribution in [2.24, 2.45) is 4.99 Å². The molecule has 1 heterocycles. The van der Waals surface area contributed by atoms with Crippen LogP contribution in [0.4, 0.5) is 0 Å². The molecule has 0 spiro atoms. The topological polar surface area (TPSA) is 88.3 Å². The monoisotopic (exact) mass is 517 g/mol. The summed E-state index contributed by atoms with van der Waals surface area (Å²) in [4.78, 5) is 4.49. The van der Waals surface area contributed by atoms with Crippen LogP contribution in [0.15, 0.2) is 45.8 Å². The molecule has 0 fully saturated rings. The molecule has 8 heteroatoms. The zero-order chi connectivity index (χ0) is 20.6. The fraction of sp³-hybridized carbons (Fsp3) is 0.476. The largest absolute Gasteiger partial charge is 0.497 e. The molecule has 0 aliphatic rings. The van der Waals surface area contributed by atoms with Gasteiger partial charge in [-0.05, 0) is 52.0 Å². The number of hydrogen-bond donors (Lipinski definition) is 3. The van der Waals surface area contributed by atoms with Crippen LogP contribution in [-0.4, -0.2) is 43.9 Å². The predicted octanol–water partition coefficient (Wildman–Crippen LogP) is 3.44. The van der Waals surface area contributed by atoms with Crippen LogP contribution in [0.2, 0.25) is 0 Å². The van der Waals surface area contributed by atoms with Gasteiger partial charge in [0, 0.05) is 12.6 Å². The number of ether oxygens (including phenoxy) is 2. The zero-order valence-corrected chi connectivity index (χ0v) is 20.0. The minimum atomic E-state index is -1.18. The Bertz CT molecular complexity index is 777. The molecule has 1 aromatic carbocycles. The summed E-state index contributed by atoms with van der Waals surface area (Å²) in [6, 6.07) is 11.1. The van der Waals surface area contributed by atoms with E-state index in [1.165, 1.54) is 0 Å². The van der Waals surface area contributed by atoms with Crippen molar-refractivity contribution in [3.63, 3.8) is 0 Å². The number of rotatable bonds is 9. The SMILES string of the molecule is CCNC(=NCC(C)(O)c1ccc(C)o1)NCC(C)Oc1cccc(OC)c1.I.